The zero-order chi connectivity index (χ0) is 11.7. The third-order valence-corrected chi connectivity index (χ3v) is 1.47. The lowest BCUT2D eigenvalue weighted by Gasteiger charge is -2.16. The molecule has 0 unspecified atom stereocenters. The molecule has 1 aromatic rings. The van der Waals surface area contributed by atoms with Gasteiger partial charge in [-0.3, -0.25) is 0 Å². The van der Waals surface area contributed by atoms with Gasteiger partial charge in [-0.1, -0.05) is 12.1 Å². The number of ether oxygens (including phenoxy) is 1. The lowest BCUT2D eigenvalue weighted by molar-refractivity contribution is -0.274. The first-order chi connectivity index (χ1) is 6.68. The Morgan fingerprint density at radius 1 is 1.07 bits per heavy atom. The molecule has 0 saturated carbocycles. The summed E-state index contributed by atoms with van der Waals surface area (Å²) in [5.74, 6) is -0.876. The molecule has 0 spiro atoms. The first-order valence-corrected chi connectivity index (χ1v) is 3.74. The average Bonchev–Trinajstić information content (AvgIpc) is 1.99. The van der Waals surface area contributed by atoms with Crippen LogP contribution in [0.3, 0.4) is 0 Å². The summed E-state index contributed by atoms with van der Waals surface area (Å²) in [6.07, 6.45) is -4.99. The Morgan fingerprint density at radius 3 is 2.13 bits per heavy atom. The second kappa shape index (κ2) is 3.67. The lowest BCUT2D eigenvalue weighted by Crippen LogP contribution is -2.34. The van der Waals surface area contributed by atoms with Crippen molar-refractivity contribution in [1.29, 1.82) is 0 Å². The van der Waals surface area contributed by atoms with Gasteiger partial charge in [0.2, 0.25) is 0 Å². The Balaban J connectivity index is 2.94. The van der Waals surface area contributed by atoms with Gasteiger partial charge in [0.05, 0.1) is 0 Å². The maximum Gasteiger partial charge on any atom is 0.573 e. The predicted octanol–water partition coefficient (Wildman–Crippen LogP) is 2.64. The average molecular weight is 229 g/mol. The van der Waals surface area contributed by atoms with E-state index in [0.717, 1.165) is 12.1 Å². The number of alkyl halides is 3. The monoisotopic (exact) mass is 229 g/mol. The molecule has 8 heteroatoms. The number of halogens is 6. The number of hydrogen-bond acceptors (Lipinski definition) is 1. The van der Waals surface area contributed by atoms with Crippen molar-refractivity contribution < 1.29 is 30.9 Å². The third-order valence-electron chi connectivity index (χ3n) is 1.47. The molecule has 0 aromatic heterocycles. The highest BCUT2D eigenvalue weighted by Gasteiger charge is 2.32. The molecule has 0 N–H and O–H groups in total. The van der Waals surface area contributed by atoms with E-state index >= 15 is 0 Å². The van der Waals surface area contributed by atoms with Gasteiger partial charge < -0.3 is 17.7 Å². The van der Waals surface area contributed by atoms with Crippen molar-refractivity contribution in [2.24, 2.45) is 0 Å². The molecule has 0 radical (unpaired) electrons. The fourth-order valence-electron chi connectivity index (χ4n) is 0.915. The molecule has 1 nitrogen and oxygen atoms in total. The quantitative estimate of drug-likeness (QED) is 0.559. The highest BCUT2D eigenvalue weighted by atomic mass is 19.4. The molecule has 15 heavy (non-hydrogen) atoms. The number of rotatable bonds is 2. The Morgan fingerprint density at radius 2 is 1.67 bits per heavy atom. The Hall–Kier alpha value is -1.34. The van der Waals surface area contributed by atoms with Gasteiger partial charge in [0, 0.05) is 0 Å². The summed E-state index contributed by atoms with van der Waals surface area (Å²) in [7, 11) is 0. The highest BCUT2D eigenvalue weighted by Crippen LogP contribution is 2.22. The SMILES string of the molecule is F[B-](F)(F)c1cccc(OC(F)(F)F)c1. The Bertz CT molecular complexity index is 344. The van der Waals surface area contributed by atoms with Crippen molar-refractivity contribution in [2.75, 3.05) is 0 Å². The maximum atomic E-state index is 12.1. The van der Waals surface area contributed by atoms with Crippen LogP contribution in [-0.2, 0) is 0 Å². The van der Waals surface area contributed by atoms with Crippen molar-refractivity contribution in [3.05, 3.63) is 24.3 Å². The summed E-state index contributed by atoms with van der Waals surface area (Å²) in [6.45, 7) is -5.32. The molecule has 0 fully saturated rings. The minimum Gasteiger partial charge on any atom is -0.445 e. The third kappa shape index (κ3) is 3.73. The summed E-state index contributed by atoms with van der Waals surface area (Å²) in [4.78, 5) is 0. The van der Waals surface area contributed by atoms with Gasteiger partial charge in [0.1, 0.15) is 5.75 Å². The summed E-state index contributed by atoms with van der Waals surface area (Å²) < 4.78 is 74.7. The lowest BCUT2D eigenvalue weighted by atomic mass is 9.80. The van der Waals surface area contributed by atoms with Crippen molar-refractivity contribution >= 4 is 12.4 Å². The van der Waals surface area contributed by atoms with Crippen molar-refractivity contribution in [2.45, 2.75) is 6.36 Å². The molecule has 0 atom stereocenters. The second-order valence-corrected chi connectivity index (χ2v) is 2.70. The van der Waals surface area contributed by atoms with Crippen LogP contribution in [0, 0.1) is 0 Å². The topological polar surface area (TPSA) is 9.23 Å². The maximum absolute atomic E-state index is 12.1. The summed E-state index contributed by atoms with van der Waals surface area (Å²) in [5.41, 5.74) is -1.13. The highest BCUT2D eigenvalue weighted by molar-refractivity contribution is 6.73. The molecular weight excluding hydrogens is 225 g/mol. The van der Waals surface area contributed by atoms with Gasteiger partial charge in [0.15, 0.2) is 0 Å². The molecule has 0 saturated heterocycles. The first-order valence-electron chi connectivity index (χ1n) is 3.74. The standard InChI is InChI=1S/C7H4BF6O/c9-7(10,11)15-6-3-1-2-5(4-6)8(12,13)14/h1-4H/q-1. The van der Waals surface area contributed by atoms with Crippen molar-refractivity contribution in [3.8, 4) is 5.75 Å². The van der Waals surface area contributed by atoms with Crippen molar-refractivity contribution in [1.82, 2.24) is 0 Å². The van der Waals surface area contributed by atoms with E-state index in [0.29, 0.717) is 12.1 Å². The molecule has 1 rings (SSSR count). The normalized spacial score (nSPS) is 12.7. The van der Waals surface area contributed by atoms with Gasteiger partial charge in [0.25, 0.3) is 0 Å². The smallest absolute Gasteiger partial charge is 0.445 e. The fraction of sp³-hybridized carbons (Fsp3) is 0.143. The summed E-state index contributed by atoms with van der Waals surface area (Å²) >= 11 is 0. The summed E-state index contributed by atoms with van der Waals surface area (Å²) in [5, 5.41) is 0. The minimum absolute atomic E-state index is 0.313. The van der Waals surface area contributed by atoms with Gasteiger partial charge in [-0.2, -0.15) is 0 Å². The van der Waals surface area contributed by atoms with Gasteiger partial charge in [-0.05, 0) is 12.1 Å². The van der Waals surface area contributed by atoms with E-state index in [1.54, 1.807) is 0 Å². The summed E-state index contributed by atoms with van der Waals surface area (Å²) in [6, 6.07) is 2.65. The van der Waals surface area contributed by atoms with Crippen LogP contribution >= 0.6 is 0 Å². The van der Waals surface area contributed by atoms with E-state index in [1.807, 2.05) is 0 Å². The molecule has 0 amide bonds. The predicted molar refractivity (Wildman–Crippen MR) is 41.8 cm³/mol. The minimum atomic E-state index is -5.32. The molecule has 0 bridgehead atoms. The van der Waals surface area contributed by atoms with E-state index in [2.05, 4.69) is 4.74 Å². The van der Waals surface area contributed by atoms with Crippen LogP contribution in [0.1, 0.15) is 0 Å². The molecule has 0 aliphatic rings. The first kappa shape index (κ1) is 11.7. The Kier molecular flexibility index (Phi) is 2.87. The van der Waals surface area contributed by atoms with E-state index in [9.17, 15) is 26.1 Å². The van der Waals surface area contributed by atoms with Crippen LogP contribution in [0.4, 0.5) is 26.1 Å². The second-order valence-electron chi connectivity index (χ2n) is 2.70. The zero-order valence-corrected chi connectivity index (χ0v) is 7.06. The molecule has 1 aromatic carbocycles. The fourth-order valence-corrected chi connectivity index (χ4v) is 0.915. The van der Waals surface area contributed by atoms with Crippen LogP contribution in [0.15, 0.2) is 24.3 Å². The van der Waals surface area contributed by atoms with E-state index in [1.165, 1.54) is 0 Å². The number of benzene rings is 1. The van der Waals surface area contributed by atoms with Gasteiger partial charge in [-0.15, -0.1) is 18.6 Å². The largest absolute Gasteiger partial charge is 0.573 e. The molecule has 84 valence electrons. The Labute approximate surface area is 80.7 Å². The van der Waals surface area contributed by atoms with Crippen LogP contribution in [-0.4, -0.2) is 13.3 Å². The van der Waals surface area contributed by atoms with Gasteiger partial charge in [-0.25, -0.2) is 0 Å². The zero-order valence-electron chi connectivity index (χ0n) is 7.06. The molecule has 0 aliphatic heterocycles. The van der Waals surface area contributed by atoms with E-state index in [-0.39, 0.29) is 0 Å². The molecule has 0 heterocycles. The molecular formula is C7H4BF6O-. The van der Waals surface area contributed by atoms with E-state index < -0.39 is 24.6 Å². The van der Waals surface area contributed by atoms with Crippen LogP contribution in [0.2, 0.25) is 0 Å². The van der Waals surface area contributed by atoms with Crippen LogP contribution < -0.4 is 10.2 Å². The van der Waals surface area contributed by atoms with E-state index in [4.69, 9.17) is 0 Å². The van der Waals surface area contributed by atoms with Crippen molar-refractivity contribution in [3.63, 3.8) is 0 Å². The van der Waals surface area contributed by atoms with Crippen LogP contribution in [0.25, 0.3) is 0 Å². The van der Waals surface area contributed by atoms with Crippen LogP contribution in [0.5, 0.6) is 5.75 Å². The number of hydrogen-bond donors (Lipinski definition) is 0. The molecule has 0 aliphatic carbocycles. The van der Waals surface area contributed by atoms with Gasteiger partial charge >= 0.3 is 13.3 Å².